The zero-order chi connectivity index (χ0) is 11.3. The molecule has 0 aromatic carbocycles. The van der Waals surface area contributed by atoms with Gasteiger partial charge < -0.3 is 10.5 Å². The molecule has 0 saturated carbocycles. The molecule has 0 saturated heterocycles. The van der Waals surface area contributed by atoms with Gasteiger partial charge in [-0.05, 0) is 35.9 Å². The van der Waals surface area contributed by atoms with Gasteiger partial charge in [-0.1, -0.05) is 6.92 Å². The fraction of sp³-hybridized carbons (Fsp3) is 0.600. The van der Waals surface area contributed by atoms with Crippen molar-refractivity contribution in [2.75, 3.05) is 18.9 Å². The molecule has 1 aromatic heterocycles. The summed E-state index contributed by atoms with van der Waals surface area (Å²) in [6.45, 7) is 5.41. The van der Waals surface area contributed by atoms with Gasteiger partial charge in [0.25, 0.3) is 0 Å². The summed E-state index contributed by atoms with van der Waals surface area (Å²) in [5, 5.41) is 0. The Morgan fingerprint density at radius 1 is 1.33 bits per heavy atom. The van der Waals surface area contributed by atoms with Gasteiger partial charge in [0.15, 0.2) is 0 Å². The Bertz CT molecular complexity index is 331. The predicted octanol–water partition coefficient (Wildman–Crippen LogP) is 1.80. The molecule has 5 heteroatoms. The summed E-state index contributed by atoms with van der Waals surface area (Å²) in [7, 11) is 0. The van der Waals surface area contributed by atoms with Crippen molar-refractivity contribution in [3.63, 3.8) is 0 Å². The number of nitrogen functional groups attached to an aromatic ring is 1. The maximum atomic E-state index is 5.80. The average molecular weight is 321 g/mol. The quantitative estimate of drug-likeness (QED) is 0.664. The number of anilines is 1. The van der Waals surface area contributed by atoms with Crippen LogP contribution in [0.5, 0.6) is 0 Å². The largest absolute Gasteiger partial charge is 0.383 e. The summed E-state index contributed by atoms with van der Waals surface area (Å²) in [4.78, 5) is 8.68. The van der Waals surface area contributed by atoms with Gasteiger partial charge in [-0.3, -0.25) is 0 Å². The fourth-order valence-electron chi connectivity index (χ4n) is 1.22. The van der Waals surface area contributed by atoms with E-state index in [-0.39, 0.29) is 0 Å². The van der Waals surface area contributed by atoms with Crippen LogP contribution in [-0.4, -0.2) is 23.2 Å². The monoisotopic (exact) mass is 321 g/mol. The second-order valence-corrected chi connectivity index (χ2v) is 4.16. The van der Waals surface area contributed by atoms with E-state index in [9.17, 15) is 0 Å². The smallest absolute Gasteiger partial charge is 0.140 e. The molecule has 2 N–H and O–H groups in total. The molecule has 0 aliphatic carbocycles. The number of aromatic nitrogens is 2. The normalized spacial score (nSPS) is 10.6. The van der Waals surface area contributed by atoms with Gasteiger partial charge in [0.05, 0.1) is 15.9 Å². The van der Waals surface area contributed by atoms with Crippen LogP contribution in [0, 0.1) is 3.57 Å². The Kier molecular flexibility index (Phi) is 5.24. The first-order chi connectivity index (χ1) is 7.19. The van der Waals surface area contributed by atoms with Crippen LogP contribution < -0.4 is 5.73 Å². The van der Waals surface area contributed by atoms with Crippen molar-refractivity contribution < 1.29 is 4.74 Å². The van der Waals surface area contributed by atoms with Gasteiger partial charge in [-0.25, -0.2) is 9.97 Å². The molecule has 1 heterocycles. The number of hydrogen-bond donors (Lipinski definition) is 1. The number of nitrogens with zero attached hydrogens (tertiary/aromatic N) is 2. The zero-order valence-electron chi connectivity index (χ0n) is 9.09. The van der Waals surface area contributed by atoms with Crippen LogP contribution in [0.25, 0.3) is 0 Å². The van der Waals surface area contributed by atoms with E-state index in [0.29, 0.717) is 12.4 Å². The van der Waals surface area contributed by atoms with Crippen LogP contribution in [0.2, 0.25) is 0 Å². The molecule has 0 aliphatic rings. The molecule has 0 aliphatic heterocycles. The van der Waals surface area contributed by atoms with Crippen LogP contribution in [0.4, 0.5) is 5.82 Å². The van der Waals surface area contributed by atoms with Gasteiger partial charge >= 0.3 is 0 Å². The summed E-state index contributed by atoms with van der Waals surface area (Å²) >= 11 is 2.19. The van der Waals surface area contributed by atoms with Crippen LogP contribution in [-0.2, 0) is 17.6 Å². The van der Waals surface area contributed by atoms with Gasteiger partial charge in [0.1, 0.15) is 11.6 Å². The number of ether oxygens (including phenoxy) is 1. The van der Waals surface area contributed by atoms with Crippen LogP contribution in [0.15, 0.2) is 0 Å². The Labute approximate surface area is 104 Å². The molecular weight excluding hydrogens is 305 g/mol. The molecule has 84 valence electrons. The van der Waals surface area contributed by atoms with Gasteiger partial charge in [-0.2, -0.15) is 0 Å². The number of hydrogen-bond acceptors (Lipinski definition) is 4. The summed E-state index contributed by atoms with van der Waals surface area (Å²) in [5.74, 6) is 1.35. The topological polar surface area (TPSA) is 61.0 Å². The highest BCUT2D eigenvalue weighted by Gasteiger charge is 2.08. The minimum Gasteiger partial charge on any atom is -0.383 e. The molecule has 0 atom stereocenters. The Hall–Kier alpha value is -0.430. The summed E-state index contributed by atoms with van der Waals surface area (Å²) in [6.07, 6.45) is 1.61. The molecule has 0 radical (unpaired) electrons. The summed E-state index contributed by atoms with van der Waals surface area (Å²) in [6, 6.07) is 0. The first-order valence-corrected chi connectivity index (χ1v) is 6.15. The van der Waals surface area contributed by atoms with Gasteiger partial charge in [-0.15, -0.1) is 0 Å². The number of halogens is 1. The third kappa shape index (κ3) is 3.57. The SMILES string of the molecule is CCOCCc1nc(N)c(I)c(CC)n1. The standard InChI is InChI=1S/C10H16IN3O/c1-3-7-9(11)10(12)14-8(13-7)5-6-15-4-2/h3-6H2,1-2H3,(H2,12,13,14). The summed E-state index contributed by atoms with van der Waals surface area (Å²) in [5.41, 5.74) is 6.82. The minimum atomic E-state index is 0.578. The zero-order valence-corrected chi connectivity index (χ0v) is 11.2. The van der Waals surface area contributed by atoms with E-state index in [1.807, 2.05) is 6.92 Å². The molecule has 1 aromatic rings. The number of nitrogens with two attached hydrogens (primary N) is 1. The highest BCUT2D eigenvalue weighted by Crippen LogP contribution is 2.16. The van der Waals surface area contributed by atoms with Crippen LogP contribution >= 0.6 is 22.6 Å². The van der Waals surface area contributed by atoms with Crippen molar-refractivity contribution in [1.29, 1.82) is 0 Å². The maximum Gasteiger partial charge on any atom is 0.140 e. The van der Waals surface area contributed by atoms with E-state index < -0.39 is 0 Å². The van der Waals surface area contributed by atoms with E-state index in [1.54, 1.807) is 0 Å². The third-order valence-electron chi connectivity index (χ3n) is 2.00. The highest BCUT2D eigenvalue weighted by molar-refractivity contribution is 14.1. The van der Waals surface area contributed by atoms with Gasteiger partial charge in [0.2, 0.25) is 0 Å². The second-order valence-electron chi connectivity index (χ2n) is 3.09. The molecule has 0 unspecified atom stereocenters. The first-order valence-electron chi connectivity index (χ1n) is 5.07. The van der Waals surface area contributed by atoms with Crippen molar-refractivity contribution in [2.45, 2.75) is 26.7 Å². The van der Waals surface area contributed by atoms with Crippen LogP contribution in [0.3, 0.4) is 0 Å². The Balaban J connectivity index is 2.77. The lowest BCUT2D eigenvalue weighted by Crippen LogP contribution is -2.09. The molecule has 0 amide bonds. The number of rotatable bonds is 5. The lowest BCUT2D eigenvalue weighted by Gasteiger charge is -2.07. The molecule has 0 bridgehead atoms. The van der Waals surface area contributed by atoms with E-state index in [0.717, 1.165) is 34.5 Å². The maximum absolute atomic E-state index is 5.80. The molecule has 15 heavy (non-hydrogen) atoms. The van der Waals surface area contributed by atoms with E-state index in [4.69, 9.17) is 10.5 Å². The lowest BCUT2D eigenvalue weighted by molar-refractivity contribution is 0.149. The van der Waals surface area contributed by atoms with Crippen molar-refractivity contribution in [1.82, 2.24) is 9.97 Å². The molecule has 4 nitrogen and oxygen atoms in total. The van der Waals surface area contributed by atoms with E-state index in [2.05, 4.69) is 39.5 Å². The van der Waals surface area contributed by atoms with E-state index in [1.165, 1.54) is 0 Å². The molecular formula is C10H16IN3O. The van der Waals surface area contributed by atoms with Crippen molar-refractivity contribution in [3.8, 4) is 0 Å². The molecule has 0 fully saturated rings. The van der Waals surface area contributed by atoms with Crippen LogP contribution in [0.1, 0.15) is 25.4 Å². The first kappa shape index (κ1) is 12.6. The lowest BCUT2D eigenvalue weighted by atomic mass is 10.3. The Morgan fingerprint density at radius 3 is 2.67 bits per heavy atom. The summed E-state index contributed by atoms with van der Waals surface area (Å²) < 4.78 is 6.23. The predicted molar refractivity (Wildman–Crippen MR) is 68.7 cm³/mol. The second kappa shape index (κ2) is 6.22. The van der Waals surface area contributed by atoms with Crippen molar-refractivity contribution in [2.24, 2.45) is 0 Å². The number of aryl methyl sites for hydroxylation is 1. The van der Waals surface area contributed by atoms with Crippen molar-refractivity contribution >= 4 is 28.4 Å². The average Bonchev–Trinajstić information content (AvgIpc) is 2.23. The molecule has 1 rings (SSSR count). The third-order valence-corrected chi connectivity index (χ3v) is 3.18. The fourth-order valence-corrected chi connectivity index (χ4v) is 1.84. The molecule has 0 spiro atoms. The minimum absolute atomic E-state index is 0.578. The van der Waals surface area contributed by atoms with Gasteiger partial charge in [0, 0.05) is 13.0 Å². The van der Waals surface area contributed by atoms with E-state index >= 15 is 0 Å². The van der Waals surface area contributed by atoms with Crippen molar-refractivity contribution in [3.05, 3.63) is 15.1 Å². The Morgan fingerprint density at radius 2 is 2.07 bits per heavy atom. The highest BCUT2D eigenvalue weighted by atomic mass is 127.